The molecule has 1 aliphatic rings. The van der Waals surface area contributed by atoms with Crippen LogP contribution in [0.4, 0.5) is 11.6 Å². The van der Waals surface area contributed by atoms with Crippen LogP contribution in [0.3, 0.4) is 0 Å². The summed E-state index contributed by atoms with van der Waals surface area (Å²) in [6, 6.07) is 6.06. The van der Waals surface area contributed by atoms with Gasteiger partial charge in [-0.2, -0.15) is 5.10 Å². The van der Waals surface area contributed by atoms with E-state index in [9.17, 15) is 0 Å². The Bertz CT molecular complexity index is 656. The van der Waals surface area contributed by atoms with Crippen LogP contribution in [-0.2, 0) is 5.41 Å². The standard InChI is InChI=1S/C17H24N6/c1-12-18-8-7-15(20-12)19-9-13-10-23(11-13)16-6-5-14(21-22-16)17(2,3)4/h5-8,13H,9-11H2,1-4H3,(H,18,19,20). The lowest BCUT2D eigenvalue weighted by Gasteiger charge is -2.40. The molecule has 0 aliphatic carbocycles. The molecule has 0 amide bonds. The predicted molar refractivity (Wildman–Crippen MR) is 91.7 cm³/mol. The van der Waals surface area contributed by atoms with Gasteiger partial charge in [0.2, 0.25) is 0 Å². The molecule has 3 heterocycles. The van der Waals surface area contributed by atoms with Crippen molar-refractivity contribution in [2.45, 2.75) is 33.1 Å². The second kappa shape index (κ2) is 6.10. The van der Waals surface area contributed by atoms with Crippen molar-refractivity contribution in [1.29, 1.82) is 0 Å². The third-order valence-electron chi connectivity index (χ3n) is 4.05. The second-order valence-corrected chi connectivity index (χ2v) is 7.17. The van der Waals surface area contributed by atoms with Crippen molar-refractivity contribution >= 4 is 11.6 Å². The minimum Gasteiger partial charge on any atom is -0.370 e. The molecule has 0 unspecified atom stereocenters. The highest BCUT2D eigenvalue weighted by atomic mass is 15.3. The van der Waals surface area contributed by atoms with E-state index in [1.165, 1.54) is 0 Å². The Labute approximate surface area is 137 Å². The van der Waals surface area contributed by atoms with Crippen LogP contribution in [-0.4, -0.2) is 39.8 Å². The smallest absolute Gasteiger partial charge is 0.151 e. The summed E-state index contributed by atoms with van der Waals surface area (Å²) < 4.78 is 0. The molecule has 1 aliphatic heterocycles. The van der Waals surface area contributed by atoms with Crippen LogP contribution in [0.25, 0.3) is 0 Å². The fraction of sp³-hybridized carbons (Fsp3) is 0.529. The zero-order chi connectivity index (χ0) is 16.4. The quantitative estimate of drug-likeness (QED) is 0.935. The number of rotatable bonds is 4. The molecule has 0 spiro atoms. The maximum Gasteiger partial charge on any atom is 0.151 e. The number of anilines is 2. The van der Waals surface area contributed by atoms with E-state index in [1.54, 1.807) is 6.20 Å². The lowest BCUT2D eigenvalue weighted by molar-refractivity contribution is 0.424. The van der Waals surface area contributed by atoms with Gasteiger partial charge >= 0.3 is 0 Å². The lowest BCUT2D eigenvalue weighted by atomic mass is 9.92. The first-order chi connectivity index (χ1) is 10.9. The van der Waals surface area contributed by atoms with Gasteiger partial charge < -0.3 is 10.2 Å². The number of aromatic nitrogens is 4. The zero-order valence-electron chi connectivity index (χ0n) is 14.2. The van der Waals surface area contributed by atoms with E-state index < -0.39 is 0 Å². The van der Waals surface area contributed by atoms with Gasteiger partial charge in [-0.25, -0.2) is 9.97 Å². The molecular formula is C17H24N6. The van der Waals surface area contributed by atoms with Gasteiger partial charge in [0.05, 0.1) is 5.69 Å². The van der Waals surface area contributed by atoms with Crippen LogP contribution in [0.5, 0.6) is 0 Å². The van der Waals surface area contributed by atoms with Crippen molar-refractivity contribution in [1.82, 2.24) is 20.2 Å². The molecule has 0 radical (unpaired) electrons. The molecule has 23 heavy (non-hydrogen) atoms. The summed E-state index contributed by atoms with van der Waals surface area (Å²) in [4.78, 5) is 10.7. The SMILES string of the molecule is Cc1nccc(NCC2CN(c3ccc(C(C)(C)C)nn3)C2)n1. The number of hydrogen-bond donors (Lipinski definition) is 1. The van der Waals surface area contributed by atoms with Gasteiger partial charge in [0.15, 0.2) is 5.82 Å². The highest BCUT2D eigenvalue weighted by molar-refractivity contribution is 5.42. The van der Waals surface area contributed by atoms with E-state index in [0.29, 0.717) is 5.92 Å². The van der Waals surface area contributed by atoms with Crippen molar-refractivity contribution < 1.29 is 0 Å². The van der Waals surface area contributed by atoms with E-state index in [0.717, 1.165) is 42.8 Å². The van der Waals surface area contributed by atoms with Crippen LogP contribution < -0.4 is 10.2 Å². The van der Waals surface area contributed by atoms with Crippen molar-refractivity contribution in [3.63, 3.8) is 0 Å². The molecule has 2 aromatic heterocycles. The second-order valence-electron chi connectivity index (χ2n) is 7.17. The molecule has 1 saturated heterocycles. The lowest BCUT2D eigenvalue weighted by Crippen LogP contribution is -2.50. The van der Waals surface area contributed by atoms with Crippen LogP contribution in [0, 0.1) is 12.8 Å². The number of nitrogens with zero attached hydrogens (tertiary/aromatic N) is 5. The first-order valence-electron chi connectivity index (χ1n) is 8.04. The third kappa shape index (κ3) is 3.75. The molecule has 0 bridgehead atoms. The Hall–Kier alpha value is -2.24. The fourth-order valence-corrected chi connectivity index (χ4v) is 2.58. The van der Waals surface area contributed by atoms with Gasteiger partial charge in [0.25, 0.3) is 0 Å². The molecule has 0 atom stereocenters. The Kier molecular flexibility index (Phi) is 4.15. The van der Waals surface area contributed by atoms with E-state index >= 15 is 0 Å². The van der Waals surface area contributed by atoms with Gasteiger partial charge in [-0.1, -0.05) is 20.8 Å². The topological polar surface area (TPSA) is 66.8 Å². The maximum atomic E-state index is 4.37. The molecule has 2 aromatic rings. The van der Waals surface area contributed by atoms with Gasteiger partial charge in [0, 0.05) is 37.2 Å². The maximum absolute atomic E-state index is 4.37. The van der Waals surface area contributed by atoms with Crippen molar-refractivity contribution in [2.24, 2.45) is 5.92 Å². The highest BCUT2D eigenvalue weighted by Gasteiger charge is 2.28. The monoisotopic (exact) mass is 312 g/mol. The largest absolute Gasteiger partial charge is 0.370 e. The fourth-order valence-electron chi connectivity index (χ4n) is 2.58. The molecule has 0 saturated carbocycles. The Morgan fingerprint density at radius 2 is 1.96 bits per heavy atom. The van der Waals surface area contributed by atoms with Crippen molar-refractivity contribution in [3.05, 3.63) is 35.9 Å². The average molecular weight is 312 g/mol. The number of nitrogens with one attached hydrogen (secondary N) is 1. The van der Waals surface area contributed by atoms with Gasteiger partial charge in [-0.15, -0.1) is 5.10 Å². The van der Waals surface area contributed by atoms with Gasteiger partial charge in [0.1, 0.15) is 11.6 Å². The summed E-state index contributed by atoms with van der Waals surface area (Å²) in [5, 5.41) is 12.1. The summed E-state index contributed by atoms with van der Waals surface area (Å²) >= 11 is 0. The van der Waals surface area contributed by atoms with E-state index in [2.05, 4.69) is 63.3 Å². The normalized spacial score (nSPS) is 15.4. The summed E-state index contributed by atoms with van der Waals surface area (Å²) in [7, 11) is 0. The van der Waals surface area contributed by atoms with Crippen LogP contribution in [0.1, 0.15) is 32.3 Å². The Balaban J connectivity index is 1.49. The minimum absolute atomic E-state index is 0.0442. The average Bonchev–Trinajstić information content (AvgIpc) is 2.45. The molecule has 6 nitrogen and oxygen atoms in total. The van der Waals surface area contributed by atoms with Gasteiger partial charge in [-0.3, -0.25) is 0 Å². The third-order valence-corrected chi connectivity index (χ3v) is 4.05. The molecule has 6 heteroatoms. The summed E-state index contributed by atoms with van der Waals surface area (Å²) in [6.07, 6.45) is 1.78. The first-order valence-corrected chi connectivity index (χ1v) is 8.04. The van der Waals surface area contributed by atoms with Crippen LogP contribution >= 0.6 is 0 Å². The predicted octanol–water partition coefficient (Wildman–Crippen LogP) is 2.42. The molecule has 1 fully saturated rings. The molecule has 1 N–H and O–H groups in total. The molecule has 122 valence electrons. The van der Waals surface area contributed by atoms with Crippen LogP contribution in [0.15, 0.2) is 24.4 Å². The molecule has 0 aromatic carbocycles. The highest BCUT2D eigenvalue weighted by Crippen LogP contribution is 2.25. The number of aryl methyl sites for hydroxylation is 1. The molecule has 3 rings (SSSR count). The zero-order valence-corrected chi connectivity index (χ0v) is 14.2. The van der Waals surface area contributed by atoms with Crippen molar-refractivity contribution in [3.8, 4) is 0 Å². The van der Waals surface area contributed by atoms with E-state index in [-0.39, 0.29) is 5.41 Å². The first kappa shape index (κ1) is 15.6. The Morgan fingerprint density at radius 3 is 2.57 bits per heavy atom. The van der Waals surface area contributed by atoms with Crippen molar-refractivity contribution in [2.75, 3.05) is 29.9 Å². The summed E-state index contributed by atoms with van der Waals surface area (Å²) in [5.74, 6) is 3.26. The van der Waals surface area contributed by atoms with E-state index in [4.69, 9.17) is 0 Å². The minimum atomic E-state index is 0.0442. The number of hydrogen-bond acceptors (Lipinski definition) is 6. The van der Waals surface area contributed by atoms with Crippen LogP contribution in [0.2, 0.25) is 0 Å². The summed E-state index contributed by atoms with van der Waals surface area (Å²) in [5.41, 5.74) is 1.07. The molecular weight excluding hydrogens is 288 g/mol. The Morgan fingerprint density at radius 1 is 1.17 bits per heavy atom. The van der Waals surface area contributed by atoms with Gasteiger partial charge in [-0.05, 0) is 25.1 Å². The van der Waals surface area contributed by atoms with E-state index in [1.807, 2.05) is 13.0 Å². The summed E-state index contributed by atoms with van der Waals surface area (Å²) in [6.45, 7) is 11.3.